The monoisotopic (exact) mass is 297 g/mol. The first-order chi connectivity index (χ1) is 9.91. The number of aliphatic hydroxyl groups is 1. The van der Waals surface area contributed by atoms with E-state index < -0.39 is 17.8 Å². The number of aliphatic hydroxyl groups excluding tert-OH is 1. The third kappa shape index (κ3) is 3.07. The van der Waals surface area contributed by atoms with E-state index in [2.05, 4.69) is 10.1 Å². The second kappa shape index (κ2) is 5.14. The van der Waals surface area contributed by atoms with Gasteiger partial charge in [0.1, 0.15) is 5.82 Å². The molecule has 0 spiro atoms. The summed E-state index contributed by atoms with van der Waals surface area (Å²) in [5.41, 5.74) is -0.146. The Hall–Kier alpha value is -1.89. The number of hydrogen-bond donors (Lipinski definition) is 1. The van der Waals surface area contributed by atoms with E-state index in [-0.39, 0.29) is 6.42 Å². The molecule has 0 radical (unpaired) electrons. The Kier molecular flexibility index (Phi) is 3.44. The molecule has 0 fully saturated rings. The number of nitrogens with zero attached hydrogens (tertiary/aromatic N) is 3. The summed E-state index contributed by atoms with van der Waals surface area (Å²) in [6.45, 7) is 0.589. The van der Waals surface area contributed by atoms with E-state index in [1.165, 1.54) is 6.07 Å². The van der Waals surface area contributed by atoms with Crippen molar-refractivity contribution in [2.24, 2.45) is 0 Å². The zero-order valence-electron chi connectivity index (χ0n) is 11.1. The van der Waals surface area contributed by atoms with Gasteiger partial charge in [-0.3, -0.25) is 0 Å². The molecular formula is C14H14F3N3O. The van der Waals surface area contributed by atoms with Crippen LogP contribution in [0.4, 0.5) is 13.2 Å². The van der Waals surface area contributed by atoms with Gasteiger partial charge in [0.15, 0.2) is 5.82 Å². The molecule has 0 bridgehead atoms. The normalized spacial score (nSPS) is 18.6. The molecule has 0 amide bonds. The Morgan fingerprint density at radius 1 is 1.33 bits per heavy atom. The van der Waals surface area contributed by atoms with Crippen molar-refractivity contribution < 1.29 is 18.3 Å². The molecule has 2 aromatic rings. The number of halogens is 3. The third-order valence-electron chi connectivity index (χ3n) is 3.50. The van der Waals surface area contributed by atoms with Gasteiger partial charge in [0.2, 0.25) is 0 Å². The van der Waals surface area contributed by atoms with E-state index >= 15 is 0 Å². The van der Waals surface area contributed by atoms with Gasteiger partial charge in [-0.25, -0.2) is 9.67 Å². The summed E-state index contributed by atoms with van der Waals surface area (Å²) >= 11 is 0. The molecule has 4 nitrogen and oxygen atoms in total. The molecule has 0 saturated heterocycles. The fraction of sp³-hybridized carbons (Fsp3) is 0.429. The second-order valence-electron chi connectivity index (χ2n) is 5.19. The molecule has 1 aromatic heterocycles. The van der Waals surface area contributed by atoms with Crippen molar-refractivity contribution >= 4 is 0 Å². The van der Waals surface area contributed by atoms with Crippen LogP contribution in [-0.4, -0.2) is 26.0 Å². The summed E-state index contributed by atoms with van der Waals surface area (Å²) in [5, 5.41) is 13.9. The lowest BCUT2D eigenvalue weighted by Gasteiger charge is -2.16. The average molecular weight is 297 g/mol. The molecular weight excluding hydrogens is 283 g/mol. The summed E-state index contributed by atoms with van der Waals surface area (Å²) in [6.07, 6.45) is -3.45. The molecule has 1 aliphatic heterocycles. The number of alkyl halides is 3. The predicted molar refractivity (Wildman–Crippen MR) is 68.6 cm³/mol. The van der Waals surface area contributed by atoms with Crippen molar-refractivity contribution in [1.29, 1.82) is 0 Å². The molecule has 1 aromatic carbocycles. The second-order valence-corrected chi connectivity index (χ2v) is 5.19. The van der Waals surface area contributed by atoms with E-state index in [1.807, 2.05) is 0 Å². The molecule has 0 saturated carbocycles. The molecule has 3 rings (SSSR count). The van der Waals surface area contributed by atoms with Crippen LogP contribution in [0, 0.1) is 0 Å². The highest BCUT2D eigenvalue weighted by Crippen LogP contribution is 2.29. The summed E-state index contributed by atoms with van der Waals surface area (Å²) in [7, 11) is 0. The first-order valence-corrected chi connectivity index (χ1v) is 6.68. The van der Waals surface area contributed by atoms with Gasteiger partial charge in [0.25, 0.3) is 0 Å². The van der Waals surface area contributed by atoms with Crippen LogP contribution < -0.4 is 0 Å². The minimum atomic E-state index is -4.35. The third-order valence-corrected chi connectivity index (χ3v) is 3.50. The molecule has 21 heavy (non-hydrogen) atoms. The predicted octanol–water partition coefficient (Wildman–Crippen LogP) is 2.19. The molecule has 1 aliphatic rings. The molecule has 1 N–H and O–H groups in total. The van der Waals surface area contributed by atoms with Crippen LogP contribution in [0.1, 0.15) is 29.2 Å². The highest BCUT2D eigenvalue weighted by Gasteiger charge is 2.30. The summed E-state index contributed by atoms with van der Waals surface area (Å²) in [5.74, 6) is 1.18. The quantitative estimate of drug-likeness (QED) is 0.924. The SMILES string of the molecule is OC1CCn2nc(Cc3cccc(C(F)(F)F)c3)nc2C1. The van der Waals surface area contributed by atoms with Crippen LogP contribution in [0.25, 0.3) is 0 Å². The van der Waals surface area contributed by atoms with E-state index in [4.69, 9.17) is 0 Å². The van der Waals surface area contributed by atoms with Crippen LogP contribution in [0.2, 0.25) is 0 Å². The minimum absolute atomic E-state index is 0.250. The van der Waals surface area contributed by atoms with Crippen molar-refractivity contribution in [1.82, 2.24) is 14.8 Å². The van der Waals surface area contributed by atoms with Crippen molar-refractivity contribution in [3.05, 3.63) is 47.0 Å². The fourth-order valence-electron chi connectivity index (χ4n) is 2.46. The molecule has 1 atom stereocenters. The van der Waals surface area contributed by atoms with Crippen molar-refractivity contribution in [2.45, 2.75) is 38.1 Å². The first kappa shape index (κ1) is 14.1. The van der Waals surface area contributed by atoms with E-state index in [0.29, 0.717) is 36.6 Å². The first-order valence-electron chi connectivity index (χ1n) is 6.68. The molecule has 1 unspecified atom stereocenters. The summed E-state index contributed by atoms with van der Waals surface area (Å²) in [4.78, 5) is 4.30. The number of aryl methyl sites for hydroxylation is 1. The van der Waals surface area contributed by atoms with Gasteiger partial charge in [0.05, 0.1) is 11.7 Å². The van der Waals surface area contributed by atoms with Crippen LogP contribution in [0.15, 0.2) is 24.3 Å². The number of rotatable bonds is 2. The molecule has 112 valence electrons. The minimum Gasteiger partial charge on any atom is -0.393 e. The fourth-order valence-corrected chi connectivity index (χ4v) is 2.46. The Labute approximate surface area is 119 Å². The number of hydrogen-bond acceptors (Lipinski definition) is 3. The highest BCUT2D eigenvalue weighted by molar-refractivity contribution is 5.27. The Morgan fingerprint density at radius 2 is 2.14 bits per heavy atom. The van der Waals surface area contributed by atoms with E-state index in [1.54, 1.807) is 10.7 Å². The van der Waals surface area contributed by atoms with Gasteiger partial charge in [-0.2, -0.15) is 18.3 Å². The van der Waals surface area contributed by atoms with Gasteiger partial charge < -0.3 is 5.11 Å². The van der Waals surface area contributed by atoms with Gasteiger partial charge in [-0.15, -0.1) is 0 Å². The largest absolute Gasteiger partial charge is 0.416 e. The Balaban J connectivity index is 1.81. The zero-order chi connectivity index (χ0) is 15.0. The number of aromatic nitrogens is 3. The van der Waals surface area contributed by atoms with Gasteiger partial charge in [0, 0.05) is 19.4 Å². The Morgan fingerprint density at radius 3 is 2.90 bits per heavy atom. The van der Waals surface area contributed by atoms with Gasteiger partial charge in [-0.05, 0) is 18.1 Å². The maximum atomic E-state index is 12.7. The summed E-state index contributed by atoms with van der Waals surface area (Å²) < 4.78 is 39.7. The van der Waals surface area contributed by atoms with Gasteiger partial charge in [-0.1, -0.05) is 18.2 Å². The molecule has 2 heterocycles. The number of fused-ring (bicyclic) bond motifs is 1. The van der Waals surface area contributed by atoms with Gasteiger partial charge >= 0.3 is 6.18 Å². The standard InChI is InChI=1S/C14H14F3N3O/c15-14(16,17)10-3-1-2-9(6-10)7-12-18-13-8-11(21)4-5-20(13)19-12/h1-3,6,11,21H,4-5,7-8H2. The van der Waals surface area contributed by atoms with Crippen LogP contribution in [0.5, 0.6) is 0 Å². The average Bonchev–Trinajstić information content (AvgIpc) is 2.79. The van der Waals surface area contributed by atoms with E-state index in [0.717, 1.165) is 12.1 Å². The van der Waals surface area contributed by atoms with Crippen molar-refractivity contribution in [3.63, 3.8) is 0 Å². The number of benzene rings is 1. The van der Waals surface area contributed by atoms with Crippen LogP contribution in [-0.2, 0) is 25.6 Å². The summed E-state index contributed by atoms with van der Waals surface area (Å²) in [6, 6.07) is 5.18. The van der Waals surface area contributed by atoms with Crippen molar-refractivity contribution in [3.8, 4) is 0 Å². The van der Waals surface area contributed by atoms with E-state index in [9.17, 15) is 18.3 Å². The lowest BCUT2D eigenvalue weighted by atomic mass is 10.1. The molecule has 7 heteroatoms. The van der Waals surface area contributed by atoms with Crippen molar-refractivity contribution in [2.75, 3.05) is 0 Å². The lowest BCUT2D eigenvalue weighted by molar-refractivity contribution is -0.137. The highest BCUT2D eigenvalue weighted by atomic mass is 19.4. The topological polar surface area (TPSA) is 50.9 Å². The Bertz CT molecular complexity index is 651. The van der Waals surface area contributed by atoms with Crippen LogP contribution in [0.3, 0.4) is 0 Å². The zero-order valence-corrected chi connectivity index (χ0v) is 11.1. The molecule has 0 aliphatic carbocycles. The smallest absolute Gasteiger partial charge is 0.393 e. The lowest BCUT2D eigenvalue weighted by Crippen LogP contribution is -2.23. The maximum absolute atomic E-state index is 12.7. The maximum Gasteiger partial charge on any atom is 0.416 e. The van der Waals surface area contributed by atoms with Crippen LogP contribution >= 0.6 is 0 Å².